The van der Waals surface area contributed by atoms with Crippen molar-refractivity contribution < 1.29 is 8.42 Å². The van der Waals surface area contributed by atoms with Crippen LogP contribution in [0.4, 0.5) is 0 Å². The van der Waals surface area contributed by atoms with Crippen LogP contribution in [0.5, 0.6) is 0 Å². The molecule has 0 spiro atoms. The lowest BCUT2D eigenvalue weighted by atomic mass is 10.4. The molecular weight excluding hydrogens is 276 g/mol. The quantitative estimate of drug-likeness (QED) is 0.698. The van der Waals surface area contributed by atoms with Crippen molar-refractivity contribution >= 4 is 10.0 Å². The molecule has 1 rings (SSSR count). The molecule has 1 N–H and O–H groups in total. The summed E-state index contributed by atoms with van der Waals surface area (Å²) in [6.45, 7) is 10.7. The van der Waals surface area contributed by atoms with E-state index in [1.54, 1.807) is 10.9 Å². The van der Waals surface area contributed by atoms with E-state index in [1.165, 1.54) is 10.5 Å². The molecule has 0 fully saturated rings. The third-order valence-corrected chi connectivity index (χ3v) is 5.20. The Balaban J connectivity index is 2.75. The second kappa shape index (κ2) is 7.75. The smallest absolute Gasteiger partial charge is 0.246 e. The van der Waals surface area contributed by atoms with Crippen LogP contribution in [-0.2, 0) is 16.6 Å². The van der Waals surface area contributed by atoms with E-state index < -0.39 is 10.0 Å². The van der Waals surface area contributed by atoms with Gasteiger partial charge in [0.2, 0.25) is 10.0 Å². The van der Waals surface area contributed by atoms with Crippen molar-refractivity contribution in [3.8, 4) is 0 Å². The van der Waals surface area contributed by atoms with Gasteiger partial charge in [-0.25, -0.2) is 8.42 Å². The maximum absolute atomic E-state index is 12.5. The summed E-state index contributed by atoms with van der Waals surface area (Å²) >= 11 is 0. The average molecular weight is 302 g/mol. The normalized spacial score (nSPS) is 12.5. The van der Waals surface area contributed by atoms with Gasteiger partial charge in [-0.05, 0) is 33.4 Å². The first-order valence-corrected chi connectivity index (χ1v) is 8.62. The van der Waals surface area contributed by atoms with Gasteiger partial charge in [0.15, 0.2) is 0 Å². The van der Waals surface area contributed by atoms with Gasteiger partial charge < -0.3 is 5.32 Å². The molecule has 0 amide bonds. The molecule has 7 heteroatoms. The predicted octanol–water partition coefficient (Wildman–Crippen LogP) is 1.30. The summed E-state index contributed by atoms with van der Waals surface area (Å²) in [6, 6.07) is -0.0536. The Morgan fingerprint density at radius 1 is 1.40 bits per heavy atom. The second-order valence-electron chi connectivity index (χ2n) is 4.95. The van der Waals surface area contributed by atoms with Gasteiger partial charge in [0, 0.05) is 25.3 Å². The number of hydrogen-bond acceptors (Lipinski definition) is 4. The SMILES string of the molecule is CCNCCCn1cc(S(=O)(=O)N(CC)C(C)C)cn1. The first kappa shape index (κ1) is 17.1. The van der Waals surface area contributed by atoms with E-state index in [0.717, 1.165) is 26.1 Å². The Hall–Kier alpha value is -0.920. The van der Waals surface area contributed by atoms with Crippen LogP contribution in [0.1, 0.15) is 34.1 Å². The maximum atomic E-state index is 12.5. The summed E-state index contributed by atoms with van der Waals surface area (Å²) in [5.74, 6) is 0. The lowest BCUT2D eigenvalue weighted by Gasteiger charge is -2.23. The summed E-state index contributed by atoms with van der Waals surface area (Å²) in [5.41, 5.74) is 0. The number of aryl methyl sites for hydroxylation is 1. The molecular formula is C13H26N4O2S. The monoisotopic (exact) mass is 302 g/mol. The van der Waals surface area contributed by atoms with Crippen LogP contribution in [0.3, 0.4) is 0 Å². The summed E-state index contributed by atoms with van der Waals surface area (Å²) in [7, 11) is -3.43. The van der Waals surface area contributed by atoms with E-state index in [2.05, 4.69) is 17.3 Å². The third-order valence-electron chi connectivity index (χ3n) is 3.09. The van der Waals surface area contributed by atoms with Gasteiger partial charge in [0.05, 0.1) is 6.20 Å². The molecule has 0 saturated heterocycles. The molecule has 0 aromatic carbocycles. The Labute approximate surface area is 122 Å². The predicted molar refractivity (Wildman–Crippen MR) is 80.1 cm³/mol. The van der Waals surface area contributed by atoms with Crippen molar-refractivity contribution in [3.05, 3.63) is 12.4 Å². The molecule has 1 heterocycles. The minimum absolute atomic E-state index is 0.0536. The van der Waals surface area contributed by atoms with Crippen molar-refractivity contribution in [1.29, 1.82) is 0 Å². The standard InChI is InChI=1S/C13H26N4O2S/c1-5-14-8-7-9-16-11-13(10-15-16)20(18,19)17(6-2)12(3)4/h10-12,14H,5-9H2,1-4H3. The van der Waals surface area contributed by atoms with Crippen LogP contribution in [-0.4, -0.2) is 48.2 Å². The molecule has 0 bridgehead atoms. The van der Waals surface area contributed by atoms with E-state index >= 15 is 0 Å². The molecule has 1 aromatic rings. The molecule has 0 radical (unpaired) electrons. The molecule has 0 aliphatic heterocycles. The molecule has 6 nitrogen and oxygen atoms in total. The van der Waals surface area contributed by atoms with E-state index in [4.69, 9.17) is 0 Å². The Kier molecular flexibility index (Phi) is 6.64. The zero-order valence-corrected chi connectivity index (χ0v) is 13.7. The van der Waals surface area contributed by atoms with Gasteiger partial charge in [-0.2, -0.15) is 9.40 Å². The largest absolute Gasteiger partial charge is 0.317 e. The van der Waals surface area contributed by atoms with Gasteiger partial charge in [0.1, 0.15) is 4.90 Å². The fourth-order valence-electron chi connectivity index (χ4n) is 2.09. The van der Waals surface area contributed by atoms with Gasteiger partial charge in [-0.15, -0.1) is 0 Å². The fraction of sp³-hybridized carbons (Fsp3) is 0.769. The number of hydrogen-bond donors (Lipinski definition) is 1. The first-order valence-electron chi connectivity index (χ1n) is 7.18. The lowest BCUT2D eigenvalue weighted by Crippen LogP contribution is -2.36. The highest BCUT2D eigenvalue weighted by Crippen LogP contribution is 2.17. The zero-order chi connectivity index (χ0) is 15.2. The Morgan fingerprint density at radius 3 is 2.65 bits per heavy atom. The number of sulfonamides is 1. The molecule has 116 valence electrons. The summed E-state index contributed by atoms with van der Waals surface area (Å²) in [5, 5.41) is 7.37. The summed E-state index contributed by atoms with van der Waals surface area (Å²) in [6.07, 6.45) is 3.98. The first-order chi connectivity index (χ1) is 9.43. The van der Waals surface area contributed by atoms with E-state index in [9.17, 15) is 8.42 Å². The maximum Gasteiger partial charge on any atom is 0.246 e. The highest BCUT2D eigenvalue weighted by molar-refractivity contribution is 7.89. The third kappa shape index (κ3) is 4.29. The molecule has 0 saturated carbocycles. The number of nitrogens with zero attached hydrogens (tertiary/aromatic N) is 3. The fourth-order valence-corrected chi connectivity index (χ4v) is 3.69. The molecule has 0 atom stereocenters. The van der Waals surface area contributed by atoms with Gasteiger partial charge in [-0.1, -0.05) is 13.8 Å². The van der Waals surface area contributed by atoms with Gasteiger partial charge >= 0.3 is 0 Å². The average Bonchev–Trinajstić information content (AvgIpc) is 2.84. The number of nitrogens with one attached hydrogen (secondary N) is 1. The lowest BCUT2D eigenvalue weighted by molar-refractivity contribution is 0.369. The minimum atomic E-state index is -3.43. The Bertz CT molecular complexity index is 496. The van der Waals surface area contributed by atoms with E-state index in [1.807, 2.05) is 20.8 Å². The topological polar surface area (TPSA) is 67.2 Å². The highest BCUT2D eigenvalue weighted by atomic mass is 32.2. The highest BCUT2D eigenvalue weighted by Gasteiger charge is 2.26. The minimum Gasteiger partial charge on any atom is -0.317 e. The molecule has 20 heavy (non-hydrogen) atoms. The van der Waals surface area contributed by atoms with Crippen LogP contribution in [0.15, 0.2) is 17.3 Å². The van der Waals surface area contributed by atoms with E-state index in [-0.39, 0.29) is 10.9 Å². The molecule has 0 aliphatic rings. The molecule has 0 unspecified atom stereocenters. The number of rotatable bonds is 9. The Morgan fingerprint density at radius 2 is 2.10 bits per heavy atom. The van der Waals surface area contributed by atoms with Crippen LogP contribution < -0.4 is 5.32 Å². The van der Waals surface area contributed by atoms with E-state index in [0.29, 0.717) is 6.54 Å². The van der Waals surface area contributed by atoms with Crippen LogP contribution in [0.2, 0.25) is 0 Å². The van der Waals surface area contributed by atoms with Crippen LogP contribution in [0, 0.1) is 0 Å². The van der Waals surface area contributed by atoms with Gasteiger partial charge in [-0.3, -0.25) is 4.68 Å². The van der Waals surface area contributed by atoms with Crippen molar-refractivity contribution in [1.82, 2.24) is 19.4 Å². The van der Waals surface area contributed by atoms with Crippen molar-refractivity contribution in [2.75, 3.05) is 19.6 Å². The molecule has 0 aliphatic carbocycles. The van der Waals surface area contributed by atoms with Crippen LogP contribution >= 0.6 is 0 Å². The van der Waals surface area contributed by atoms with Crippen molar-refractivity contribution in [2.24, 2.45) is 0 Å². The summed E-state index contributed by atoms with van der Waals surface area (Å²) in [4.78, 5) is 0.275. The summed E-state index contributed by atoms with van der Waals surface area (Å²) < 4.78 is 28.1. The van der Waals surface area contributed by atoms with Crippen molar-refractivity contribution in [2.45, 2.75) is 51.6 Å². The second-order valence-corrected chi connectivity index (χ2v) is 6.84. The van der Waals surface area contributed by atoms with Gasteiger partial charge in [0.25, 0.3) is 0 Å². The zero-order valence-electron chi connectivity index (χ0n) is 12.8. The van der Waals surface area contributed by atoms with Crippen molar-refractivity contribution in [3.63, 3.8) is 0 Å². The number of aromatic nitrogens is 2. The van der Waals surface area contributed by atoms with Crippen LogP contribution in [0.25, 0.3) is 0 Å². The molecule has 1 aromatic heterocycles.